The molecular weight excluding hydrogens is 248 g/mol. The lowest BCUT2D eigenvalue weighted by Crippen LogP contribution is -2.41. The minimum Gasteiger partial charge on any atom is -0.366 e. The summed E-state index contributed by atoms with van der Waals surface area (Å²) in [5, 5.41) is 9.70. The highest BCUT2D eigenvalue weighted by Gasteiger charge is 2.46. The van der Waals surface area contributed by atoms with Gasteiger partial charge in [0.25, 0.3) is 0 Å². The summed E-state index contributed by atoms with van der Waals surface area (Å²) in [4.78, 5) is 0. The summed E-state index contributed by atoms with van der Waals surface area (Å²) in [5.74, 6) is 3.59. The summed E-state index contributed by atoms with van der Waals surface area (Å²) in [7, 11) is 0. The van der Waals surface area contributed by atoms with Crippen LogP contribution in [0.1, 0.15) is 41.5 Å². The molecule has 1 N–H and O–H groups in total. The number of ether oxygens (including phenoxy) is 4. The van der Waals surface area contributed by atoms with Crippen LogP contribution in [0.5, 0.6) is 0 Å². The molecule has 0 aliphatic carbocycles. The molecule has 0 radical (unpaired) electrons. The summed E-state index contributed by atoms with van der Waals surface area (Å²) in [6, 6.07) is 0. The van der Waals surface area contributed by atoms with Crippen molar-refractivity contribution in [2.75, 3.05) is 6.61 Å². The van der Waals surface area contributed by atoms with Crippen molar-refractivity contribution >= 4 is 0 Å². The van der Waals surface area contributed by atoms with Crippen LogP contribution in [-0.4, -0.2) is 41.8 Å². The molecule has 19 heavy (non-hydrogen) atoms. The number of aliphatic hydroxyl groups is 1. The minimum absolute atomic E-state index is 0.270. The third kappa shape index (κ3) is 5.47. The summed E-state index contributed by atoms with van der Waals surface area (Å²) in [6.45, 7) is 10.6. The Morgan fingerprint density at radius 3 is 2.53 bits per heavy atom. The SMILES string of the molecule is CC#CCOC1OC(C)(C)OC1[C@@H](C)OC(C)(C)O. The third-order valence-electron chi connectivity index (χ3n) is 2.52. The number of hydrogen-bond acceptors (Lipinski definition) is 5. The molecule has 1 rings (SSSR count). The molecule has 1 fully saturated rings. The molecule has 5 heteroatoms. The molecule has 2 unspecified atom stereocenters. The van der Waals surface area contributed by atoms with Crippen molar-refractivity contribution in [1.82, 2.24) is 0 Å². The van der Waals surface area contributed by atoms with Gasteiger partial charge in [-0.2, -0.15) is 0 Å². The van der Waals surface area contributed by atoms with Gasteiger partial charge in [-0.1, -0.05) is 5.92 Å². The normalized spacial score (nSPS) is 27.7. The zero-order chi connectivity index (χ0) is 14.7. The molecular formula is C14H24O5. The van der Waals surface area contributed by atoms with Crippen LogP contribution in [0.15, 0.2) is 0 Å². The molecule has 1 heterocycles. The lowest BCUT2D eigenvalue weighted by molar-refractivity contribution is -0.234. The van der Waals surface area contributed by atoms with Crippen LogP contribution < -0.4 is 0 Å². The first kappa shape index (κ1) is 16.4. The molecule has 0 spiro atoms. The van der Waals surface area contributed by atoms with E-state index >= 15 is 0 Å². The van der Waals surface area contributed by atoms with Crippen molar-refractivity contribution in [2.45, 2.75) is 71.6 Å². The van der Waals surface area contributed by atoms with Crippen LogP contribution in [0.4, 0.5) is 0 Å². The van der Waals surface area contributed by atoms with E-state index in [1.54, 1.807) is 20.8 Å². The van der Waals surface area contributed by atoms with Gasteiger partial charge in [0.15, 0.2) is 17.9 Å². The average molecular weight is 272 g/mol. The molecule has 5 nitrogen and oxygen atoms in total. The van der Waals surface area contributed by atoms with Crippen molar-refractivity contribution in [2.24, 2.45) is 0 Å². The number of hydrogen-bond donors (Lipinski definition) is 1. The zero-order valence-corrected chi connectivity index (χ0v) is 12.5. The van der Waals surface area contributed by atoms with Gasteiger partial charge in [-0.3, -0.25) is 0 Å². The Hall–Kier alpha value is -0.640. The average Bonchev–Trinajstić information content (AvgIpc) is 2.52. The maximum absolute atomic E-state index is 9.70. The van der Waals surface area contributed by atoms with Gasteiger partial charge in [-0.25, -0.2) is 0 Å². The van der Waals surface area contributed by atoms with Gasteiger partial charge in [0, 0.05) is 0 Å². The van der Waals surface area contributed by atoms with Crippen LogP contribution in [0.25, 0.3) is 0 Å². The fourth-order valence-corrected chi connectivity index (χ4v) is 1.92. The molecule has 1 aliphatic rings. The highest BCUT2D eigenvalue weighted by atomic mass is 16.8. The Morgan fingerprint density at radius 1 is 1.37 bits per heavy atom. The van der Waals surface area contributed by atoms with Gasteiger partial charge in [0.2, 0.25) is 0 Å². The van der Waals surface area contributed by atoms with E-state index in [-0.39, 0.29) is 12.7 Å². The largest absolute Gasteiger partial charge is 0.366 e. The summed E-state index contributed by atoms with van der Waals surface area (Å²) in [5.41, 5.74) is 0. The van der Waals surface area contributed by atoms with E-state index in [1.165, 1.54) is 0 Å². The monoisotopic (exact) mass is 272 g/mol. The molecule has 0 saturated carbocycles. The van der Waals surface area contributed by atoms with Gasteiger partial charge in [0.1, 0.15) is 12.7 Å². The fourth-order valence-electron chi connectivity index (χ4n) is 1.92. The van der Waals surface area contributed by atoms with Gasteiger partial charge in [0.05, 0.1) is 6.10 Å². The lowest BCUT2D eigenvalue weighted by Gasteiger charge is -2.29. The quantitative estimate of drug-likeness (QED) is 0.609. The second-order valence-corrected chi connectivity index (χ2v) is 5.48. The van der Waals surface area contributed by atoms with Crippen molar-refractivity contribution in [3.8, 4) is 11.8 Å². The van der Waals surface area contributed by atoms with E-state index < -0.39 is 24.0 Å². The van der Waals surface area contributed by atoms with Gasteiger partial charge in [-0.05, 0) is 41.5 Å². The van der Waals surface area contributed by atoms with Crippen molar-refractivity contribution in [1.29, 1.82) is 0 Å². The summed E-state index contributed by atoms with van der Waals surface area (Å²) < 4.78 is 22.5. The van der Waals surface area contributed by atoms with Crippen LogP contribution in [0, 0.1) is 11.8 Å². The van der Waals surface area contributed by atoms with Crippen LogP contribution in [0.3, 0.4) is 0 Å². The van der Waals surface area contributed by atoms with Crippen LogP contribution >= 0.6 is 0 Å². The van der Waals surface area contributed by atoms with Gasteiger partial charge in [-0.15, -0.1) is 5.92 Å². The van der Waals surface area contributed by atoms with Gasteiger partial charge < -0.3 is 24.1 Å². The predicted octanol–water partition coefficient (Wildman–Crippen LogP) is 1.64. The highest BCUT2D eigenvalue weighted by molar-refractivity contribution is 4.95. The Kier molecular flexibility index (Phi) is 5.36. The second-order valence-electron chi connectivity index (χ2n) is 5.48. The van der Waals surface area contributed by atoms with E-state index in [1.807, 2.05) is 20.8 Å². The molecule has 1 aliphatic heterocycles. The smallest absolute Gasteiger partial charge is 0.190 e. The van der Waals surface area contributed by atoms with Crippen LogP contribution in [0.2, 0.25) is 0 Å². The van der Waals surface area contributed by atoms with E-state index in [4.69, 9.17) is 18.9 Å². The summed E-state index contributed by atoms with van der Waals surface area (Å²) >= 11 is 0. The first-order valence-corrected chi connectivity index (χ1v) is 6.42. The van der Waals surface area contributed by atoms with Gasteiger partial charge >= 0.3 is 0 Å². The maximum Gasteiger partial charge on any atom is 0.190 e. The first-order chi connectivity index (χ1) is 8.64. The Balaban J connectivity index is 2.67. The third-order valence-corrected chi connectivity index (χ3v) is 2.52. The maximum atomic E-state index is 9.70. The molecule has 0 amide bonds. The Bertz CT molecular complexity index is 347. The molecule has 1 saturated heterocycles. The Morgan fingerprint density at radius 2 is 2.00 bits per heavy atom. The second kappa shape index (κ2) is 6.21. The van der Waals surface area contributed by atoms with Crippen molar-refractivity contribution in [3.05, 3.63) is 0 Å². The lowest BCUT2D eigenvalue weighted by atomic mass is 10.2. The Labute approximate surface area is 115 Å². The van der Waals surface area contributed by atoms with E-state index in [9.17, 15) is 5.11 Å². The topological polar surface area (TPSA) is 57.2 Å². The minimum atomic E-state index is -1.23. The number of rotatable bonds is 5. The highest BCUT2D eigenvalue weighted by Crippen LogP contribution is 2.32. The summed E-state index contributed by atoms with van der Waals surface area (Å²) in [6.07, 6.45) is -1.35. The standard InChI is InChI=1S/C14H24O5/c1-7-8-9-16-12-11(18-14(5,6)19-12)10(2)17-13(3,4)15/h10-12,15H,9H2,1-6H3/t10-,11?,12?/m1/s1. The predicted molar refractivity (Wildman–Crippen MR) is 70.1 cm³/mol. The molecule has 0 bridgehead atoms. The zero-order valence-electron chi connectivity index (χ0n) is 12.5. The molecule has 0 aromatic carbocycles. The fraction of sp³-hybridized carbons (Fsp3) is 0.857. The van der Waals surface area contributed by atoms with E-state index in [0.717, 1.165) is 0 Å². The van der Waals surface area contributed by atoms with Crippen molar-refractivity contribution < 1.29 is 24.1 Å². The first-order valence-electron chi connectivity index (χ1n) is 6.42. The van der Waals surface area contributed by atoms with E-state index in [2.05, 4.69) is 11.8 Å². The molecule has 0 aromatic rings. The van der Waals surface area contributed by atoms with Crippen LogP contribution in [-0.2, 0) is 18.9 Å². The van der Waals surface area contributed by atoms with E-state index in [0.29, 0.717) is 0 Å². The molecule has 0 aromatic heterocycles. The van der Waals surface area contributed by atoms with Crippen molar-refractivity contribution in [3.63, 3.8) is 0 Å². The molecule has 3 atom stereocenters. The molecule has 110 valence electrons.